The van der Waals surface area contributed by atoms with Crippen LogP contribution in [-0.2, 0) is 6.42 Å². The van der Waals surface area contributed by atoms with Crippen LogP contribution in [0.25, 0.3) is 11.5 Å². The first kappa shape index (κ1) is 12.1. The SMILES string of the molecule is Cc1cc(-c2nc(C3Cc4ccccc43)no2)ccc1N. The Labute approximate surface area is 122 Å². The molecule has 1 unspecified atom stereocenters. The van der Waals surface area contributed by atoms with Crippen LogP contribution in [0.15, 0.2) is 47.0 Å². The Bertz CT molecular complexity index is 822. The van der Waals surface area contributed by atoms with Crippen LogP contribution in [0.3, 0.4) is 0 Å². The maximum atomic E-state index is 5.84. The highest BCUT2D eigenvalue weighted by molar-refractivity contribution is 5.61. The molecule has 104 valence electrons. The van der Waals surface area contributed by atoms with E-state index in [-0.39, 0.29) is 5.92 Å². The lowest BCUT2D eigenvalue weighted by atomic mass is 9.77. The van der Waals surface area contributed by atoms with Crippen LogP contribution in [-0.4, -0.2) is 10.1 Å². The summed E-state index contributed by atoms with van der Waals surface area (Å²) in [6, 6.07) is 14.1. The number of hydrogen-bond donors (Lipinski definition) is 1. The molecule has 0 saturated carbocycles. The largest absolute Gasteiger partial charge is 0.399 e. The van der Waals surface area contributed by atoms with Gasteiger partial charge in [-0.25, -0.2) is 0 Å². The first-order chi connectivity index (χ1) is 10.2. The van der Waals surface area contributed by atoms with Gasteiger partial charge < -0.3 is 10.3 Å². The van der Waals surface area contributed by atoms with Crippen LogP contribution in [0.5, 0.6) is 0 Å². The van der Waals surface area contributed by atoms with Gasteiger partial charge in [0.2, 0.25) is 0 Å². The van der Waals surface area contributed by atoms with E-state index in [0.717, 1.165) is 29.1 Å². The van der Waals surface area contributed by atoms with Crippen molar-refractivity contribution in [2.45, 2.75) is 19.3 Å². The molecule has 21 heavy (non-hydrogen) atoms. The van der Waals surface area contributed by atoms with Crippen molar-refractivity contribution in [1.82, 2.24) is 10.1 Å². The highest BCUT2D eigenvalue weighted by Crippen LogP contribution is 2.39. The zero-order valence-electron chi connectivity index (χ0n) is 11.7. The summed E-state index contributed by atoms with van der Waals surface area (Å²) in [5.74, 6) is 1.57. The van der Waals surface area contributed by atoms with E-state index in [0.29, 0.717) is 5.89 Å². The van der Waals surface area contributed by atoms with Gasteiger partial charge in [0, 0.05) is 11.3 Å². The number of nitrogen functional groups attached to an aromatic ring is 1. The van der Waals surface area contributed by atoms with E-state index in [2.05, 4.69) is 34.4 Å². The van der Waals surface area contributed by atoms with Crippen molar-refractivity contribution in [1.29, 1.82) is 0 Å². The number of nitrogens with zero attached hydrogens (tertiary/aromatic N) is 2. The summed E-state index contributed by atoms with van der Waals surface area (Å²) in [7, 11) is 0. The number of benzene rings is 2. The first-order valence-corrected chi connectivity index (χ1v) is 7.00. The summed E-state index contributed by atoms with van der Waals surface area (Å²) in [5.41, 5.74) is 11.2. The lowest BCUT2D eigenvalue weighted by Crippen LogP contribution is -2.19. The molecule has 0 amide bonds. The number of rotatable bonds is 2. The molecule has 1 atom stereocenters. The second-order valence-electron chi connectivity index (χ2n) is 5.48. The van der Waals surface area contributed by atoms with Crippen molar-refractivity contribution >= 4 is 5.69 Å². The number of aromatic nitrogens is 2. The molecule has 4 nitrogen and oxygen atoms in total. The van der Waals surface area contributed by atoms with E-state index in [1.54, 1.807) is 0 Å². The van der Waals surface area contributed by atoms with Gasteiger partial charge in [-0.3, -0.25) is 0 Å². The predicted octanol–water partition coefficient (Wildman–Crippen LogP) is 3.32. The lowest BCUT2D eigenvalue weighted by molar-refractivity contribution is 0.416. The smallest absolute Gasteiger partial charge is 0.257 e. The number of fused-ring (bicyclic) bond motifs is 1. The van der Waals surface area contributed by atoms with Crippen molar-refractivity contribution in [3.63, 3.8) is 0 Å². The minimum Gasteiger partial charge on any atom is -0.399 e. The number of anilines is 1. The van der Waals surface area contributed by atoms with Gasteiger partial charge in [-0.05, 0) is 48.2 Å². The summed E-state index contributed by atoms with van der Waals surface area (Å²) < 4.78 is 5.42. The van der Waals surface area contributed by atoms with Gasteiger partial charge in [0.1, 0.15) is 0 Å². The molecule has 1 aliphatic rings. The van der Waals surface area contributed by atoms with Crippen LogP contribution in [0.2, 0.25) is 0 Å². The second-order valence-corrected chi connectivity index (χ2v) is 5.48. The second kappa shape index (κ2) is 4.45. The molecule has 1 heterocycles. The summed E-state index contributed by atoms with van der Waals surface area (Å²) in [5, 5.41) is 4.15. The van der Waals surface area contributed by atoms with Gasteiger partial charge in [0.05, 0.1) is 5.92 Å². The number of nitrogens with two attached hydrogens (primary N) is 1. The zero-order valence-corrected chi connectivity index (χ0v) is 11.7. The minimum absolute atomic E-state index is 0.258. The Morgan fingerprint density at radius 3 is 2.86 bits per heavy atom. The molecule has 0 saturated heterocycles. The van der Waals surface area contributed by atoms with Crippen molar-refractivity contribution < 1.29 is 4.52 Å². The molecule has 2 N–H and O–H groups in total. The highest BCUT2D eigenvalue weighted by atomic mass is 16.5. The molecular formula is C17H15N3O. The molecule has 0 fully saturated rings. The molecule has 3 aromatic rings. The lowest BCUT2D eigenvalue weighted by Gasteiger charge is -2.27. The van der Waals surface area contributed by atoms with Crippen LogP contribution < -0.4 is 5.73 Å². The standard InChI is InChI=1S/C17H15N3O/c1-10-8-12(6-7-15(10)18)17-19-16(20-21-17)14-9-11-4-2-3-5-13(11)14/h2-8,14H,9,18H2,1H3. The molecule has 4 heteroatoms. The van der Waals surface area contributed by atoms with E-state index in [4.69, 9.17) is 10.3 Å². The Morgan fingerprint density at radius 1 is 1.19 bits per heavy atom. The highest BCUT2D eigenvalue weighted by Gasteiger charge is 2.31. The number of hydrogen-bond acceptors (Lipinski definition) is 4. The first-order valence-electron chi connectivity index (χ1n) is 7.00. The molecule has 2 aromatic carbocycles. The third-order valence-electron chi connectivity index (χ3n) is 4.12. The molecule has 0 bridgehead atoms. The van der Waals surface area contributed by atoms with Crippen molar-refractivity contribution in [2.75, 3.05) is 5.73 Å². The Morgan fingerprint density at radius 2 is 2.05 bits per heavy atom. The quantitative estimate of drug-likeness (QED) is 0.730. The van der Waals surface area contributed by atoms with Crippen LogP contribution >= 0.6 is 0 Å². The summed E-state index contributed by atoms with van der Waals surface area (Å²) in [6.07, 6.45) is 0.982. The van der Waals surface area contributed by atoms with Crippen molar-refractivity contribution in [2.24, 2.45) is 0 Å². The Hall–Kier alpha value is -2.62. The van der Waals surface area contributed by atoms with Crippen LogP contribution in [0.4, 0.5) is 5.69 Å². The minimum atomic E-state index is 0.258. The Balaban J connectivity index is 1.66. The van der Waals surface area contributed by atoms with Gasteiger partial charge in [0.15, 0.2) is 5.82 Å². The molecular weight excluding hydrogens is 262 g/mol. The molecule has 0 aliphatic heterocycles. The van der Waals surface area contributed by atoms with Gasteiger partial charge >= 0.3 is 0 Å². The topological polar surface area (TPSA) is 64.9 Å². The summed E-state index contributed by atoms with van der Waals surface area (Å²) >= 11 is 0. The average Bonchev–Trinajstić information content (AvgIpc) is 2.93. The molecule has 0 radical (unpaired) electrons. The van der Waals surface area contributed by atoms with E-state index in [9.17, 15) is 0 Å². The molecule has 0 spiro atoms. The maximum absolute atomic E-state index is 5.84. The third kappa shape index (κ3) is 1.91. The maximum Gasteiger partial charge on any atom is 0.257 e. The van der Waals surface area contributed by atoms with Crippen molar-refractivity contribution in [3.05, 3.63) is 65.0 Å². The fraction of sp³-hybridized carbons (Fsp3) is 0.176. The third-order valence-corrected chi connectivity index (χ3v) is 4.12. The van der Waals surface area contributed by atoms with Crippen LogP contribution in [0, 0.1) is 6.92 Å². The monoisotopic (exact) mass is 277 g/mol. The fourth-order valence-corrected chi connectivity index (χ4v) is 2.79. The van der Waals surface area contributed by atoms with Gasteiger partial charge in [-0.15, -0.1) is 0 Å². The van der Waals surface area contributed by atoms with Gasteiger partial charge in [-0.2, -0.15) is 4.98 Å². The number of aryl methyl sites for hydroxylation is 1. The predicted molar refractivity (Wildman–Crippen MR) is 80.9 cm³/mol. The van der Waals surface area contributed by atoms with Crippen LogP contribution in [0.1, 0.15) is 28.4 Å². The fourth-order valence-electron chi connectivity index (χ4n) is 2.79. The zero-order chi connectivity index (χ0) is 14.4. The Kier molecular flexibility index (Phi) is 2.57. The summed E-state index contributed by atoms with van der Waals surface area (Å²) in [6.45, 7) is 1.97. The van der Waals surface area contributed by atoms with E-state index in [1.807, 2.05) is 25.1 Å². The van der Waals surface area contributed by atoms with E-state index < -0.39 is 0 Å². The van der Waals surface area contributed by atoms with Gasteiger partial charge in [-0.1, -0.05) is 29.4 Å². The molecule has 1 aromatic heterocycles. The van der Waals surface area contributed by atoms with E-state index in [1.165, 1.54) is 11.1 Å². The molecule has 1 aliphatic carbocycles. The van der Waals surface area contributed by atoms with Crippen molar-refractivity contribution in [3.8, 4) is 11.5 Å². The molecule has 4 rings (SSSR count). The normalized spacial score (nSPS) is 16.3. The average molecular weight is 277 g/mol. The summed E-state index contributed by atoms with van der Waals surface area (Å²) in [4.78, 5) is 4.55. The van der Waals surface area contributed by atoms with E-state index >= 15 is 0 Å². The van der Waals surface area contributed by atoms with Gasteiger partial charge in [0.25, 0.3) is 5.89 Å².